The van der Waals surface area contributed by atoms with Gasteiger partial charge in [-0.25, -0.2) is 0 Å². The van der Waals surface area contributed by atoms with E-state index in [1.807, 2.05) is 53.7 Å². The maximum atomic E-state index is 15.5. The first kappa shape index (κ1) is 39.3. The smallest absolute Gasteiger partial charge is 0.265 e. The number of benzene rings is 4. The van der Waals surface area contributed by atoms with E-state index in [0.29, 0.717) is 34.1 Å². The molecule has 0 radical (unpaired) electrons. The molecule has 310 valence electrons. The topological polar surface area (TPSA) is 70.1 Å². The highest BCUT2D eigenvalue weighted by molar-refractivity contribution is 6.22. The lowest BCUT2D eigenvalue weighted by atomic mass is 9.78. The number of furan rings is 2. The van der Waals surface area contributed by atoms with Crippen molar-refractivity contribution in [2.75, 3.05) is 0 Å². The lowest BCUT2D eigenvalue weighted by molar-refractivity contribution is -0.121. The van der Waals surface area contributed by atoms with Crippen LogP contribution < -0.4 is 0 Å². The van der Waals surface area contributed by atoms with E-state index in [1.54, 1.807) is 11.8 Å². The fourth-order valence-corrected chi connectivity index (χ4v) is 9.78. The molecule has 0 spiro atoms. The number of rotatable bonds is 2. The van der Waals surface area contributed by atoms with Gasteiger partial charge in [0, 0.05) is 62.1 Å². The fourth-order valence-electron chi connectivity index (χ4n) is 9.78. The van der Waals surface area contributed by atoms with Crippen LogP contribution in [0.25, 0.3) is 44.5 Å². The second-order valence-electron chi connectivity index (χ2n) is 21.7. The Bertz CT molecular complexity index is 3020. The van der Waals surface area contributed by atoms with Gasteiger partial charge in [0.25, 0.3) is 5.91 Å². The molecule has 2 aromatic heterocycles. The van der Waals surface area contributed by atoms with Crippen LogP contribution >= 0.6 is 0 Å². The van der Waals surface area contributed by atoms with Gasteiger partial charge in [-0.05, 0) is 63.0 Å². The summed E-state index contributed by atoms with van der Waals surface area (Å²) in [6.45, 7) is 28.6. The molecule has 0 bridgehead atoms. The van der Waals surface area contributed by atoms with Crippen molar-refractivity contribution in [2.45, 2.75) is 117 Å². The van der Waals surface area contributed by atoms with Gasteiger partial charge in [0.2, 0.25) is 0 Å². The summed E-state index contributed by atoms with van der Waals surface area (Å²) in [4.78, 5) is 19.1. The summed E-state index contributed by atoms with van der Waals surface area (Å²) in [6.07, 6.45) is 3.99. The van der Waals surface area contributed by atoms with Crippen molar-refractivity contribution in [1.29, 1.82) is 0 Å². The Balaban J connectivity index is 1.34. The standard InChI is InChI=1S/C55H56N2O4/c1-51(2,3)32-24-34-40-36(30-20-16-14-17-21-30)28-56-45(49(40)61-47(34)39(27-32)54(10,11)12)43-42(50(56)58)44-48-41(37(29-57(44)55(43,13)59)31-22-18-15-19-23-31)35-25-33(52(4,5)6)26-38(46(35)60-48)53(7,8)9/h14-29,59H,1-13H3. The third-order valence-corrected chi connectivity index (χ3v) is 13.2. The average Bonchev–Trinajstić information content (AvgIpc) is 3.90. The van der Waals surface area contributed by atoms with E-state index in [4.69, 9.17) is 8.83 Å². The lowest BCUT2D eigenvalue weighted by Crippen LogP contribution is -2.41. The predicted molar refractivity (Wildman–Crippen MR) is 247 cm³/mol. The number of fused-ring (bicyclic) bond motifs is 11. The Kier molecular flexibility index (Phi) is 7.98. The summed E-state index contributed by atoms with van der Waals surface area (Å²) in [5, 5.41) is 15.2. The molecule has 0 fully saturated rings. The van der Waals surface area contributed by atoms with Crippen molar-refractivity contribution in [1.82, 2.24) is 9.80 Å². The molecule has 0 saturated heterocycles. The Morgan fingerprint density at radius 3 is 1.41 bits per heavy atom. The first-order valence-corrected chi connectivity index (χ1v) is 21.6. The molecule has 61 heavy (non-hydrogen) atoms. The first-order valence-electron chi connectivity index (χ1n) is 21.6. The molecular formula is C55H56N2O4. The van der Waals surface area contributed by atoms with Gasteiger partial charge in [-0.2, -0.15) is 0 Å². The van der Waals surface area contributed by atoms with Crippen molar-refractivity contribution in [2.24, 2.45) is 0 Å². The quantitative estimate of drug-likeness (QED) is 0.189. The normalized spacial score (nSPS) is 19.1. The van der Waals surface area contributed by atoms with Crippen molar-refractivity contribution < 1.29 is 18.7 Å². The predicted octanol–water partition coefficient (Wildman–Crippen LogP) is 13.2. The first-order chi connectivity index (χ1) is 28.5. The molecule has 6 nitrogen and oxygen atoms in total. The van der Waals surface area contributed by atoms with Crippen molar-refractivity contribution in [3.05, 3.63) is 165 Å². The summed E-state index contributed by atoms with van der Waals surface area (Å²) >= 11 is 0. The van der Waals surface area contributed by atoms with Crippen LogP contribution in [0, 0.1) is 0 Å². The molecule has 6 heteroatoms. The van der Waals surface area contributed by atoms with Crippen molar-refractivity contribution in [3.63, 3.8) is 0 Å². The third-order valence-electron chi connectivity index (χ3n) is 13.2. The summed E-state index contributed by atoms with van der Waals surface area (Å²) in [5.41, 5.74) is 11.4. The average molecular weight is 809 g/mol. The number of carbonyl (C=O) groups excluding carboxylic acids is 1. The van der Waals surface area contributed by atoms with Crippen LogP contribution in [-0.2, 0) is 26.5 Å². The minimum absolute atomic E-state index is 0.135. The van der Waals surface area contributed by atoms with E-state index in [1.165, 1.54) is 11.1 Å². The molecule has 4 aliphatic heterocycles. The summed E-state index contributed by atoms with van der Waals surface area (Å²) in [7, 11) is 0. The molecule has 1 unspecified atom stereocenters. The van der Waals surface area contributed by atoms with E-state index in [-0.39, 0.29) is 27.6 Å². The number of hydrogen-bond acceptors (Lipinski definition) is 5. The highest BCUT2D eigenvalue weighted by atomic mass is 16.3. The summed E-state index contributed by atoms with van der Waals surface area (Å²) < 4.78 is 14.4. The van der Waals surface area contributed by atoms with Crippen LogP contribution in [0.3, 0.4) is 0 Å². The molecule has 0 aliphatic carbocycles. The maximum Gasteiger partial charge on any atom is 0.265 e. The molecule has 10 rings (SSSR count). The third kappa shape index (κ3) is 5.60. The molecule has 4 aromatic carbocycles. The molecule has 1 amide bonds. The van der Waals surface area contributed by atoms with E-state index < -0.39 is 5.72 Å². The SMILES string of the molecule is CC(C)(C)c1cc(C(C)(C)C)c2oc3c(c2c1)C(c1ccccc1)=CN1C(=O)C2=C4c5oc6c(C(C)(C)C)cc(C(C)(C)C)cc6c5C(c5ccccc5)=CN4C(C)(O)C2=C31. The van der Waals surface area contributed by atoms with Gasteiger partial charge >= 0.3 is 0 Å². The van der Waals surface area contributed by atoms with Crippen LogP contribution in [0.15, 0.2) is 117 Å². The zero-order valence-corrected chi connectivity index (χ0v) is 37.8. The van der Waals surface area contributed by atoms with Gasteiger partial charge in [-0.1, -0.05) is 156 Å². The summed E-state index contributed by atoms with van der Waals surface area (Å²) in [5.74, 6) is 0.922. The molecule has 0 saturated carbocycles. The highest BCUT2D eigenvalue weighted by Crippen LogP contribution is 2.60. The van der Waals surface area contributed by atoms with Crippen LogP contribution in [0.4, 0.5) is 0 Å². The Morgan fingerprint density at radius 1 is 0.557 bits per heavy atom. The Hall–Kier alpha value is -5.85. The van der Waals surface area contributed by atoms with E-state index in [9.17, 15) is 5.11 Å². The van der Waals surface area contributed by atoms with Crippen molar-refractivity contribution in [3.8, 4) is 0 Å². The highest BCUT2D eigenvalue weighted by Gasteiger charge is 2.58. The molecule has 6 heterocycles. The van der Waals surface area contributed by atoms with E-state index in [0.717, 1.165) is 66.5 Å². The minimum atomic E-state index is -1.66. The van der Waals surface area contributed by atoms with Crippen LogP contribution in [0.2, 0.25) is 0 Å². The van der Waals surface area contributed by atoms with Gasteiger partial charge in [0.15, 0.2) is 17.2 Å². The lowest BCUT2D eigenvalue weighted by Gasteiger charge is -2.36. The second kappa shape index (κ2) is 12.4. The molecule has 1 N–H and O–H groups in total. The van der Waals surface area contributed by atoms with Gasteiger partial charge in [0.05, 0.1) is 5.57 Å². The van der Waals surface area contributed by atoms with Gasteiger partial charge in [-0.3, -0.25) is 9.69 Å². The zero-order valence-electron chi connectivity index (χ0n) is 37.8. The fraction of sp³-hybridized carbons (Fsp3) is 0.327. The van der Waals surface area contributed by atoms with Crippen molar-refractivity contribution >= 4 is 50.4 Å². The minimum Gasteiger partial charge on any atom is -0.453 e. The summed E-state index contributed by atoms with van der Waals surface area (Å²) in [6, 6.07) is 29.6. The molecule has 6 aromatic rings. The number of hydrogen-bond donors (Lipinski definition) is 1. The molecule has 4 aliphatic rings. The number of nitrogens with zero attached hydrogens (tertiary/aromatic N) is 2. The van der Waals surface area contributed by atoms with E-state index >= 15 is 4.79 Å². The Labute approximate surface area is 359 Å². The Morgan fingerprint density at radius 2 is 0.984 bits per heavy atom. The molecular weight excluding hydrogens is 753 g/mol. The molecule has 1 atom stereocenters. The monoisotopic (exact) mass is 808 g/mol. The maximum absolute atomic E-state index is 15.5. The second-order valence-corrected chi connectivity index (χ2v) is 21.7. The number of amides is 1. The van der Waals surface area contributed by atoms with Crippen LogP contribution in [-0.4, -0.2) is 26.5 Å². The van der Waals surface area contributed by atoms with Gasteiger partial charge in [0.1, 0.15) is 22.6 Å². The number of carbonyl (C=O) groups is 1. The number of aliphatic hydroxyl groups is 1. The van der Waals surface area contributed by atoms with Crippen LogP contribution in [0.5, 0.6) is 0 Å². The van der Waals surface area contributed by atoms with Crippen LogP contribution in [0.1, 0.15) is 146 Å². The zero-order chi connectivity index (χ0) is 43.5. The van der Waals surface area contributed by atoms with Gasteiger partial charge in [-0.15, -0.1) is 0 Å². The van der Waals surface area contributed by atoms with Gasteiger partial charge < -0.3 is 18.8 Å². The largest absolute Gasteiger partial charge is 0.453 e. The van der Waals surface area contributed by atoms with E-state index in [2.05, 4.69) is 132 Å².